The van der Waals surface area contributed by atoms with Crippen LogP contribution in [0.3, 0.4) is 0 Å². The van der Waals surface area contributed by atoms with Crippen molar-refractivity contribution >= 4 is 21.6 Å². The first-order chi connectivity index (χ1) is 13.7. The minimum atomic E-state index is -4.90. The third-order valence-electron chi connectivity index (χ3n) is 4.05. The molecule has 1 atom stereocenters. The van der Waals surface area contributed by atoms with Crippen LogP contribution >= 0.6 is 15.6 Å². The number of carboxylic acid groups (broad SMARTS) is 1. The summed E-state index contributed by atoms with van der Waals surface area (Å²) in [5.41, 5.74) is 0. The molecular formula is C18H38O9P2. The van der Waals surface area contributed by atoms with E-state index in [1.807, 2.05) is 0 Å². The number of rotatable bonds is 21. The highest BCUT2D eigenvalue weighted by Crippen LogP contribution is 2.63. The third kappa shape index (κ3) is 18.2. The van der Waals surface area contributed by atoms with Gasteiger partial charge in [0.05, 0.1) is 13.2 Å². The van der Waals surface area contributed by atoms with Gasteiger partial charge in [-0.1, -0.05) is 78.1 Å². The molecule has 2 N–H and O–H groups in total. The van der Waals surface area contributed by atoms with Gasteiger partial charge in [0.25, 0.3) is 0 Å². The van der Waals surface area contributed by atoms with Gasteiger partial charge in [-0.15, -0.1) is 0 Å². The van der Waals surface area contributed by atoms with Gasteiger partial charge in [-0.2, -0.15) is 4.31 Å². The number of aliphatic carboxylic acids is 1. The summed E-state index contributed by atoms with van der Waals surface area (Å²) in [5.74, 6) is -1.46. The fourth-order valence-electron chi connectivity index (χ4n) is 2.49. The van der Waals surface area contributed by atoms with E-state index in [0.717, 1.165) is 64.2 Å². The van der Waals surface area contributed by atoms with E-state index in [9.17, 15) is 18.8 Å². The van der Waals surface area contributed by atoms with Gasteiger partial charge >= 0.3 is 21.6 Å². The van der Waals surface area contributed by atoms with E-state index < -0.39 is 28.2 Å². The minimum absolute atomic E-state index is 0.0405. The Morgan fingerprint density at radius 1 is 0.724 bits per heavy atom. The number of unbranched alkanes of at least 4 members (excludes halogenated alkanes) is 10. The molecule has 0 radical (unpaired) electrons. The second kappa shape index (κ2) is 17.4. The van der Waals surface area contributed by atoms with Crippen molar-refractivity contribution in [1.29, 1.82) is 0 Å². The summed E-state index contributed by atoms with van der Waals surface area (Å²) < 4.78 is 43.8. The largest absolute Gasteiger partial charge is 0.483 e. The molecule has 0 amide bonds. The smallest absolute Gasteiger partial charge is 0.480 e. The maximum atomic E-state index is 12.7. The van der Waals surface area contributed by atoms with Gasteiger partial charge in [0.15, 0.2) is 6.61 Å². The summed E-state index contributed by atoms with van der Waals surface area (Å²) >= 11 is 0. The predicted molar refractivity (Wildman–Crippen MR) is 111 cm³/mol. The van der Waals surface area contributed by atoms with Gasteiger partial charge in [0.1, 0.15) is 0 Å². The average molecular weight is 460 g/mol. The predicted octanol–water partition coefficient (Wildman–Crippen LogP) is 6.07. The Bertz CT molecular complexity index is 492. The first-order valence-electron chi connectivity index (χ1n) is 10.5. The highest BCUT2D eigenvalue weighted by Gasteiger charge is 2.38. The lowest BCUT2D eigenvalue weighted by Gasteiger charge is -2.20. The lowest BCUT2D eigenvalue weighted by Crippen LogP contribution is -2.08. The Morgan fingerprint density at radius 3 is 1.55 bits per heavy atom. The van der Waals surface area contributed by atoms with Crippen molar-refractivity contribution in [3.63, 3.8) is 0 Å². The molecule has 0 aromatic rings. The van der Waals surface area contributed by atoms with Crippen molar-refractivity contribution in [2.45, 2.75) is 90.9 Å². The van der Waals surface area contributed by atoms with Gasteiger partial charge in [-0.25, -0.2) is 13.9 Å². The summed E-state index contributed by atoms with van der Waals surface area (Å²) in [6.07, 6.45) is 11.7. The highest BCUT2D eigenvalue weighted by atomic mass is 31.3. The Labute approximate surface area is 174 Å². The van der Waals surface area contributed by atoms with Crippen LogP contribution in [0.4, 0.5) is 0 Å². The molecule has 0 saturated carbocycles. The molecule has 11 heteroatoms. The highest BCUT2D eigenvalue weighted by molar-refractivity contribution is 7.61. The molecule has 0 fully saturated rings. The minimum Gasteiger partial charge on any atom is -0.480 e. The summed E-state index contributed by atoms with van der Waals surface area (Å²) in [6, 6.07) is 0. The Kier molecular flexibility index (Phi) is 17.3. The fourth-order valence-corrected chi connectivity index (χ4v) is 5.12. The van der Waals surface area contributed by atoms with E-state index >= 15 is 0 Å². The molecule has 0 aromatic carbocycles. The van der Waals surface area contributed by atoms with E-state index in [1.165, 1.54) is 0 Å². The number of carboxylic acids is 1. The van der Waals surface area contributed by atoms with Crippen molar-refractivity contribution in [1.82, 2.24) is 0 Å². The lowest BCUT2D eigenvalue weighted by atomic mass is 10.1. The van der Waals surface area contributed by atoms with Crippen LogP contribution in [0.1, 0.15) is 90.9 Å². The van der Waals surface area contributed by atoms with Gasteiger partial charge in [0.2, 0.25) is 0 Å². The molecule has 0 heterocycles. The normalized spacial score (nSPS) is 14.0. The van der Waals surface area contributed by atoms with Crippen LogP contribution < -0.4 is 0 Å². The van der Waals surface area contributed by atoms with Gasteiger partial charge in [-0.05, 0) is 12.8 Å². The molecule has 0 aromatic heterocycles. The molecule has 9 nitrogen and oxygen atoms in total. The van der Waals surface area contributed by atoms with Crippen LogP contribution in [0.15, 0.2) is 0 Å². The zero-order chi connectivity index (χ0) is 22.0. The molecule has 0 aliphatic heterocycles. The van der Waals surface area contributed by atoms with E-state index in [-0.39, 0.29) is 13.2 Å². The molecular weight excluding hydrogens is 422 g/mol. The van der Waals surface area contributed by atoms with E-state index in [0.29, 0.717) is 12.8 Å². The molecule has 174 valence electrons. The van der Waals surface area contributed by atoms with Crippen molar-refractivity contribution in [3.05, 3.63) is 0 Å². The van der Waals surface area contributed by atoms with Crippen molar-refractivity contribution in [3.8, 4) is 0 Å². The summed E-state index contributed by atoms with van der Waals surface area (Å²) in [6.45, 7) is 3.26. The molecule has 0 saturated heterocycles. The third-order valence-corrected chi connectivity index (χ3v) is 7.13. The number of phosphoric ester groups is 2. The van der Waals surface area contributed by atoms with Crippen LogP contribution in [-0.4, -0.2) is 35.8 Å². The van der Waals surface area contributed by atoms with Crippen LogP contribution in [-0.2, 0) is 31.8 Å². The lowest BCUT2D eigenvalue weighted by molar-refractivity contribution is -0.139. The zero-order valence-electron chi connectivity index (χ0n) is 17.8. The Hall–Kier alpha value is -0.270. The van der Waals surface area contributed by atoms with Crippen LogP contribution in [0.2, 0.25) is 0 Å². The number of phosphoric acid groups is 2. The average Bonchev–Trinajstić information content (AvgIpc) is 2.65. The monoisotopic (exact) mass is 460 g/mol. The summed E-state index contributed by atoms with van der Waals surface area (Å²) in [5, 5.41) is 8.55. The fraction of sp³-hybridized carbons (Fsp3) is 0.944. The Morgan fingerprint density at radius 2 is 1.14 bits per heavy atom. The van der Waals surface area contributed by atoms with Gasteiger partial charge < -0.3 is 10.00 Å². The van der Waals surface area contributed by atoms with Crippen molar-refractivity contribution in [2.75, 3.05) is 19.8 Å². The number of hydrogen-bond donors (Lipinski definition) is 2. The molecule has 0 aliphatic carbocycles. The molecule has 0 aliphatic rings. The maximum Gasteiger partial charge on any atom is 0.483 e. The summed E-state index contributed by atoms with van der Waals surface area (Å²) in [4.78, 5) is 20.1. The summed E-state index contributed by atoms with van der Waals surface area (Å²) in [7, 11) is -9.26. The first-order valence-corrected chi connectivity index (χ1v) is 13.5. The number of hydrogen-bond acceptors (Lipinski definition) is 7. The van der Waals surface area contributed by atoms with Crippen LogP contribution in [0.5, 0.6) is 0 Å². The Balaban J connectivity index is 4.50. The molecule has 29 heavy (non-hydrogen) atoms. The van der Waals surface area contributed by atoms with Crippen molar-refractivity contribution in [2.24, 2.45) is 0 Å². The standard InChI is InChI=1S/C18H38O9P2/c1-3-5-7-9-11-13-15-24-29(23,25-16-14-12-10-8-6-4-2)27-28(21,22)26-17-18(19)20/h3-17H2,1-2H3,(H,19,20)(H,21,22). The van der Waals surface area contributed by atoms with Crippen molar-refractivity contribution < 1.29 is 41.8 Å². The second-order valence-electron chi connectivity index (χ2n) is 6.87. The molecule has 0 spiro atoms. The molecule has 1 unspecified atom stereocenters. The van der Waals surface area contributed by atoms with E-state index in [1.54, 1.807) is 0 Å². The first kappa shape index (κ1) is 28.7. The zero-order valence-corrected chi connectivity index (χ0v) is 19.5. The van der Waals surface area contributed by atoms with Gasteiger partial charge in [-0.3, -0.25) is 13.6 Å². The topological polar surface area (TPSA) is 129 Å². The van der Waals surface area contributed by atoms with Crippen LogP contribution in [0.25, 0.3) is 0 Å². The maximum absolute atomic E-state index is 12.7. The second-order valence-corrected chi connectivity index (χ2v) is 10.1. The quantitative estimate of drug-likeness (QED) is 0.155. The molecule has 0 bridgehead atoms. The molecule has 0 rings (SSSR count). The SMILES string of the molecule is CCCCCCCCOP(=O)(OCCCCCCCC)OP(=O)(O)OCC(=O)O. The van der Waals surface area contributed by atoms with Gasteiger partial charge in [0, 0.05) is 0 Å². The van der Waals surface area contributed by atoms with Crippen LogP contribution in [0, 0.1) is 0 Å². The number of carbonyl (C=O) groups is 1. The van der Waals surface area contributed by atoms with E-state index in [2.05, 4.69) is 22.7 Å². The van der Waals surface area contributed by atoms with E-state index in [4.69, 9.17) is 14.2 Å².